The van der Waals surface area contributed by atoms with Gasteiger partial charge < -0.3 is 19.3 Å². The molecule has 0 aliphatic carbocycles. The number of phenols is 1. The number of hydrogen-bond acceptors (Lipinski definition) is 5. The van der Waals surface area contributed by atoms with Crippen molar-refractivity contribution >= 4 is 17.9 Å². The molecule has 3 aliphatic rings. The highest BCUT2D eigenvalue weighted by Crippen LogP contribution is 2.51. The Morgan fingerprint density at radius 2 is 1.77 bits per heavy atom. The van der Waals surface area contributed by atoms with Gasteiger partial charge in [0.2, 0.25) is 0 Å². The topological polar surface area (TPSA) is 65.0 Å². The van der Waals surface area contributed by atoms with E-state index in [2.05, 4.69) is 0 Å². The van der Waals surface area contributed by atoms with Gasteiger partial charge in [0.05, 0.1) is 12.0 Å². The molecule has 0 spiro atoms. The van der Waals surface area contributed by atoms with Crippen molar-refractivity contribution in [3.05, 3.63) is 69.8 Å². The molecular formula is C30H32O5. The molecule has 0 fully saturated rings. The molecule has 35 heavy (non-hydrogen) atoms. The highest BCUT2D eigenvalue weighted by molar-refractivity contribution is 6.05. The Morgan fingerprint density at radius 3 is 2.51 bits per heavy atom. The Hall–Kier alpha value is -3.47. The van der Waals surface area contributed by atoms with Gasteiger partial charge in [0.25, 0.3) is 0 Å². The quantitative estimate of drug-likeness (QED) is 0.489. The maximum atomic E-state index is 13.4. The van der Waals surface area contributed by atoms with Gasteiger partial charge in [-0.05, 0) is 83.9 Å². The number of ketones is 1. The number of rotatable bonds is 3. The van der Waals surface area contributed by atoms with E-state index in [4.69, 9.17) is 14.2 Å². The van der Waals surface area contributed by atoms with E-state index in [-0.39, 0.29) is 29.1 Å². The first-order valence-electron chi connectivity index (χ1n) is 12.1. The predicted octanol–water partition coefficient (Wildman–Crippen LogP) is 6.98. The maximum Gasteiger partial charge on any atom is 0.174 e. The molecule has 3 aliphatic heterocycles. The minimum absolute atomic E-state index is 0.0465. The number of carbonyl (C=O) groups excluding carboxylic acids is 1. The summed E-state index contributed by atoms with van der Waals surface area (Å²) in [5.41, 5.74) is 3.64. The highest BCUT2D eigenvalue weighted by atomic mass is 16.5. The minimum Gasteiger partial charge on any atom is -0.507 e. The molecule has 2 aromatic carbocycles. The number of carbonyl (C=O) groups is 1. The zero-order valence-electron chi connectivity index (χ0n) is 21.2. The molecule has 0 aromatic heterocycles. The monoisotopic (exact) mass is 472 g/mol. The lowest BCUT2D eigenvalue weighted by Gasteiger charge is -2.34. The van der Waals surface area contributed by atoms with E-state index in [1.807, 2.05) is 90.1 Å². The van der Waals surface area contributed by atoms with Crippen LogP contribution in [0.25, 0.3) is 12.2 Å². The van der Waals surface area contributed by atoms with Crippen LogP contribution < -0.4 is 14.2 Å². The van der Waals surface area contributed by atoms with Crippen LogP contribution >= 0.6 is 0 Å². The summed E-state index contributed by atoms with van der Waals surface area (Å²) in [4.78, 5) is 13.4. The van der Waals surface area contributed by atoms with Gasteiger partial charge in [0.1, 0.15) is 45.9 Å². The molecule has 182 valence electrons. The van der Waals surface area contributed by atoms with Crippen molar-refractivity contribution in [1.29, 1.82) is 0 Å². The summed E-state index contributed by atoms with van der Waals surface area (Å²) in [5.74, 6) is 1.58. The second-order valence-corrected chi connectivity index (χ2v) is 10.9. The van der Waals surface area contributed by atoms with Crippen molar-refractivity contribution in [2.75, 3.05) is 0 Å². The Balaban J connectivity index is 1.59. The number of phenolic OH excluding ortho intramolecular Hbond substituents is 1. The van der Waals surface area contributed by atoms with Gasteiger partial charge in [-0.15, -0.1) is 0 Å². The summed E-state index contributed by atoms with van der Waals surface area (Å²) in [7, 11) is 0. The molecule has 5 heteroatoms. The van der Waals surface area contributed by atoms with Crippen LogP contribution in [0.5, 0.6) is 23.0 Å². The van der Waals surface area contributed by atoms with Crippen molar-refractivity contribution in [3.8, 4) is 23.0 Å². The molecular weight excluding hydrogens is 440 g/mol. The lowest BCUT2D eigenvalue weighted by atomic mass is 9.88. The van der Waals surface area contributed by atoms with E-state index in [0.717, 1.165) is 22.4 Å². The first-order chi connectivity index (χ1) is 16.4. The first-order valence-corrected chi connectivity index (χ1v) is 12.1. The molecule has 2 aromatic rings. The molecule has 0 amide bonds. The number of allylic oxidation sites excluding steroid dienone is 2. The standard InChI is InChI=1S/C30H32O5/c1-17(2)7-9-20-26(32)25-22(31)16-24(33-28(25)21-12-14-30(5,6)35-27(20)21)18-8-10-23-19(15-18)11-13-29(3,4)34-23/h7-8,10-15,24,32H,9,16H2,1-6H3. The zero-order valence-corrected chi connectivity index (χ0v) is 21.2. The predicted molar refractivity (Wildman–Crippen MR) is 137 cm³/mol. The average Bonchev–Trinajstić information content (AvgIpc) is 2.76. The number of ether oxygens (including phenoxy) is 3. The Morgan fingerprint density at radius 1 is 1.06 bits per heavy atom. The fourth-order valence-electron chi connectivity index (χ4n) is 4.73. The van der Waals surface area contributed by atoms with Gasteiger partial charge in [-0.25, -0.2) is 0 Å². The molecule has 1 atom stereocenters. The van der Waals surface area contributed by atoms with Crippen LogP contribution in [-0.2, 0) is 6.42 Å². The number of benzene rings is 2. The van der Waals surface area contributed by atoms with Gasteiger partial charge in [-0.1, -0.05) is 23.8 Å². The van der Waals surface area contributed by atoms with Crippen LogP contribution in [0.15, 0.2) is 42.0 Å². The van der Waals surface area contributed by atoms with Crippen molar-refractivity contribution in [2.24, 2.45) is 0 Å². The molecule has 5 rings (SSSR count). The number of Topliss-reactive ketones (excluding diaryl/α,β-unsaturated/α-hetero) is 1. The van der Waals surface area contributed by atoms with E-state index in [9.17, 15) is 9.90 Å². The molecule has 0 radical (unpaired) electrons. The van der Waals surface area contributed by atoms with Gasteiger partial charge in [-0.3, -0.25) is 4.79 Å². The smallest absolute Gasteiger partial charge is 0.174 e. The molecule has 1 unspecified atom stereocenters. The summed E-state index contributed by atoms with van der Waals surface area (Å²) in [5, 5.41) is 11.2. The molecule has 0 bridgehead atoms. The van der Waals surface area contributed by atoms with Crippen LogP contribution in [0.4, 0.5) is 0 Å². The zero-order chi connectivity index (χ0) is 25.1. The maximum absolute atomic E-state index is 13.4. The van der Waals surface area contributed by atoms with E-state index < -0.39 is 11.7 Å². The summed E-state index contributed by atoms with van der Waals surface area (Å²) in [6.45, 7) is 12.0. The van der Waals surface area contributed by atoms with Crippen molar-refractivity contribution in [2.45, 2.75) is 71.7 Å². The van der Waals surface area contributed by atoms with Crippen molar-refractivity contribution < 1.29 is 24.1 Å². The van der Waals surface area contributed by atoms with Crippen LogP contribution in [-0.4, -0.2) is 22.1 Å². The fraction of sp³-hybridized carbons (Fsp3) is 0.367. The fourth-order valence-corrected chi connectivity index (χ4v) is 4.73. The van der Waals surface area contributed by atoms with Crippen molar-refractivity contribution in [3.63, 3.8) is 0 Å². The van der Waals surface area contributed by atoms with E-state index in [1.165, 1.54) is 0 Å². The largest absolute Gasteiger partial charge is 0.507 e. The Bertz CT molecular complexity index is 1320. The van der Waals surface area contributed by atoms with Crippen LogP contribution in [0.1, 0.15) is 86.7 Å². The average molecular weight is 473 g/mol. The first kappa shape index (κ1) is 23.3. The van der Waals surface area contributed by atoms with Gasteiger partial charge in [0, 0.05) is 11.1 Å². The molecule has 0 saturated heterocycles. The third kappa shape index (κ3) is 4.24. The summed E-state index contributed by atoms with van der Waals surface area (Å²) in [6.07, 6.45) is 10.1. The highest BCUT2D eigenvalue weighted by Gasteiger charge is 2.38. The normalized spacial score (nSPS) is 20.5. The Labute approximate surface area is 206 Å². The Kier molecular flexibility index (Phi) is 5.35. The van der Waals surface area contributed by atoms with Crippen LogP contribution in [0.2, 0.25) is 0 Å². The minimum atomic E-state index is -0.538. The molecule has 0 saturated carbocycles. The van der Waals surface area contributed by atoms with Gasteiger partial charge >= 0.3 is 0 Å². The second kappa shape index (κ2) is 8.04. The van der Waals surface area contributed by atoms with Crippen molar-refractivity contribution in [1.82, 2.24) is 0 Å². The summed E-state index contributed by atoms with van der Waals surface area (Å²) < 4.78 is 18.8. The van der Waals surface area contributed by atoms with Crippen LogP contribution in [0, 0.1) is 0 Å². The van der Waals surface area contributed by atoms with Gasteiger partial charge in [-0.2, -0.15) is 0 Å². The van der Waals surface area contributed by atoms with Gasteiger partial charge in [0.15, 0.2) is 5.78 Å². The number of fused-ring (bicyclic) bond motifs is 4. The SMILES string of the molecule is CC(C)=CCc1c(O)c2c(c3c1OC(C)(C)C=C3)OC(c1ccc3c(c1)C=CC(C)(C)O3)CC2=O. The van der Waals surface area contributed by atoms with Crippen LogP contribution in [0.3, 0.4) is 0 Å². The lowest BCUT2D eigenvalue weighted by Crippen LogP contribution is -2.30. The van der Waals surface area contributed by atoms with E-state index >= 15 is 0 Å². The summed E-state index contributed by atoms with van der Waals surface area (Å²) in [6, 6.07) is 5.89. The molecule has 1 N–H and O–H groups in total. The van der Waals surface area contributed by atoms with E-state index in [1.54, 1.807) is 0 Å². The van der Waals surface area contributed by atoms with E-state index in [0.29, 0.717) is 29.0 Å². The molecule has 5 nitrogen and oxygen atoms in total. The lowest BCUT2D eigenvalue weighted by molar-refractivity contribution is 0.0840. The second-order valence-electron chi connectivity index (χ2n) is 10.9. The third-order valence-corrected chi connectivity index (χ3v) is 6.60. The summed E-state index contributed by atoms with van der Waals surface area (Å²) >= 11 is 0. The number of aromatic hydroxyl groups is 1. The molecule has 3 heterocycles. The third-order valence-electron chi connectivity index (χ3n) is 6.60. The number of hydrogen-bond donors (Lipinski definition) is 1.